The average molecular weight is 559 g/mol. The van der Waals surface area contributed by atoms with Gasteiger partial charge in [0.25, 0.3) is 5.91 Å². The Morgan fingerprint density at radius 2 is 1.86 bits per heavy atom. The van der Waals surface area contributed by atoms with E-state index < -0.39 is 27.8 Å². The fraction of sp³-hybridized carbons (Fsp3) is 0.136. The van der Waals surface area contributed by atoms with Crippen molar-refractivity contribution in [1.29, 1.82) is 5.41 Å². The molecule has 0 saturated carbocycles. The predicted molar refractivity (Wildman–Crippen MR) is 140 cm³/mol. The molecule has 188 valence electrons. The van der Waals surface area contributed by atoms with Gasteiger partial charge in [0.2, 0.25) is 0 Å². The van der Waals surface area contributed by atoms with E-state index in [1.54, 1.807) is 30.5 Å². The summed E-state index contributed by atoms with van der Waals surface area (Å²) in [6.45, 7) is 0. The maximum absolute atomic E-state index is 12.3. The number of nitrogens with one attached hydrogen (secondary N) is 2. The summed E-state index contributed by atoms with van der Waals surface area (Å²) in [6, 6.07) is 16.1. The van der Waals surface area contributed by atoms with Gasteiger partial charge in [0.1, 0.15) is 16.4 Å². The lowest BCUT2D eigenvalue weighted by Gasteiger charge is -2.14. The molecule has 0 fully saturated rings. The van der Waals surface area contributed by atoms with E-state index in [0.717, 1.165) is 17.3 Å². The first-order chi connectivity index (χ1) is 15.6. The number of thioether (sulfide) groups is 1. The fourth-order valence-electron chi connectivity index (χ4n) is 2.80. The molecule has 0 spiro atoms. The van der Waals surface area contributed by atoms with Gasteiger partial charge in [-0.25, -0.2) is 13.4 Å². The summed E-state index contributed by atoms with van der Waals surface area (Å²) in [6.07, 6.45) is 1.96. The second-order valence-electron chi connectivity index (χ2n) is 6.97. The van der Waals surface area contributed by atoms with E-state index >= 15 is 0 Å². The van der Waals surface area contributed by atoms with Crippen molar-refractivity contribution in [2.75, 3.05) is 12.0 Å². The Labute approximate surface area is 219 Å². The van der Waals surface area contributed by atoms with Crippen LogP contribution in [0.1, 0.15) is 22.0 Å². The van der Waals surface area contributed by atoms with Crippen LogP contribution >= 0.6 is 36.6 Å². The monoisotopic (exact) mass is 558 g/mol. The highest BCUT2D eigenvalue weighted by Gasteiger charge is 2.19. The number of pyridine rings is 1. The molecule has 1 atom stereocenters. The smallest absolute Gasteiger partial charge is 0.257 e. The maximum atomic E-state index is 12.3. The minimum Gasteiger partial charge on any atom is -0.456 e. The molecule has 0 aliphatic carbocycles. The van der Waals surface area contributed by atoms with Gasteiger partial charge in [-0.1, -0.05) is 18.2 Å². The van der Waals surface area contributed by atoms with Crippen molar-refractivity contribution in [2.24, 2.45) is 5.73 Å². The molecule has 3 aromatic rings. The molecule has 1 heterocycles. The highest BCUT2D eigenvalue weighted by atomic mass is 35.5. The largest absolute Gasteiger partial charge is 0.456 e. The van der Waals surface area contributed by atoms with Gasteiger partial charge >= 0.3 is 0 Å². The maximum Gasteiger partial charge on any atom is 0.257 e. The second kappa shape index (κ2) is 13.3. The highest BCUT2D eigenvalue weighted by molar-refractivity contribution is 7.99. The van der Waals surface area contributed by atoms with Crippen LogP contribution in [-0.4, -0.2) is 42.4 Å². The minimum atomic E-state index is -3.73. The Kier molecular flexibility index (Phi) is 11.5. The number of amides is 1. The molecule has 1 unspecified atom stereocenters. The van der Waals surface area contributed by atoms with E-state index in [1.807, 2.05) is 18.2 Å². The third-order valence-electron chi connectivity index (χ3n) is 4.37. The molecular formula is C22H24Cl2N4O5S2. The quantitative estimate of drug-likeness (QED) is 0.186. The summed E-state index contributed by atoms with van der Waals surface area (Å²) in [5.41, 5.74) is 5.84. The Bertz CT molecular complexity index is 1260. The third-order valence-corrected chi connectivity index (χ3v) is 6.51. The van der Waals surface area contributed by atoms with Gasteiger partial charge in [-0.3, -0.25) is 15.5 Å². The Morgan fingerprint density at radius 1 is 1.17 bits per heavy atom. The first kappa shape index (κ1) is 30.2. The summed E-state index contributed by atoms with van der Waals surface area (Å²) < 4.78 is 30.2. The third kappa shape index (κ3) is 8.71. The van der Waals surface area contributed by atoms with E-state index in [9.17, 15) is 18.3 Å². The molecule has 0 radical (unpaired) electrons. The van der Waals surface area contributed by atoms with Crippen LogP contribution in [-0.2, 0) is 9.84 Å². The summed E-state index contributed by atoms with van der Waals surface area (Å²) in [5, 5.41) is 20.5. The number of ether oxygens (including phenoxy) is 1. The number of carbonyl (C=O) groups is 1. The Hall–Kier alpha value is -2.83. The van der Waals surface area contributed by atoms with Crippen LogP contribution in [0.15, 0.2) is 76.8 Å². The van der Waals surface area contributed by atoms with Crippen LogP contribution in [0.4, 0.5) is 0 Å². The van der Waals surface area contributed by atoms with Crippen molar-refractivity contribution >= 4 is 58.3 Å². The number of aromatic nitrogens is 1. The molecule has 1 amide bonds. The number of aliphatic hydroxyl groups excluding tert-OH is 1. The number of halogens is 2. The standard InChI is InChI=1S/C22H22N4O5S2.2ClH/c1-33(29,30)19-12-15(21(28)26-22(23)24)7-10-18(19)31-16-8-5-14(6-9-16)17(27)13-32-20-4-2-3-11-25-20;;/h2-12,17,27H,13H2,1H3,(H4,23,24,26,28);2*1H. The normalized spacial score (nSPS) is 11.4. The zero-order valence-corrected chi connectivity index (χ0v) is 21.6. The number of sulfone groups is 1. The van der Waals surface area contributed by atoms with E-state index in [-0.39, 0.29) is 41.0 Å². The first-order valence-corrected chi connectivity index (χ1v) is 12.5. The second-order valence-corrected chi connectivity index (χ2v) is 9.99. The Morgan fingerprint density at radius 3 is 2.43 bits per heavy atom. The van der Waals surface area contributed by atoms with Gasteiger partial charge in [0, 0.05) is 23.8 Å². The van der Waals surface area contributed by atoms with Crippen LogP contribution in [0.5, 0.6) is 11.5 Å². The van der Waals surface area contributed by atoms with Crippen molar-refractivity contribution < 1.29 is 23.1 Å². The van der Waals surface area contributed by atoms with Gasteiger partial charge in [-0.2, -0.15) is 0 Å². The summed E-state index contributed by atoms with van der Waals surface area (Å²) in [4.78, 5) is 16.1. The predicted octanol–water partition coefficient (Wildman–Crippen LogP) is 3.57. The molecular weight excluding hydrogens is 535 g/mol. The van der Waals surface area contributed by atoms with Crippen LogP contribution in [0, 0.1) is 5.41 Å². The Balaban J connectivity index is 0.00000306. The molecule has 1 aromatic heterocycles. The number of hydrogen-bond donors (Lipinski definition) is 4. The van der Waals surface area contributed by atoms with Crippen LogP contribution < -0.4 is 15.8 Å². The van der Waals surface area contributed by atoms with Crippen LogP contribution in [0.25, 0.3) is 0 Å². The highest BCUT2D eigenvalue weighted by Crippen LogP contribution is 2.31. The van der Waals surface area contributed by atoms with Crippen molar-refractivity contribution in [3.8, 4) is 11.5 Å². The van der Waals surface area contributed by atoms with Gasteiger partial charge in [-0.15, -0.1) is 36.6 Å². The number of nitrogens with zero attached hydrogens (tertiary/aromatic N) is 1. The van der Waals surface area contributed by atoms with E-state index in [2.05, 4.69) is 10.3 Å². The number of aliphatic hydroxyl groups is 1. The minimum absolute atomic E-state index is 0. The lowest BCUT2D eigenvalue weighted by molar-refractivity contribution is 0.0976. The van der Waals surface area contributed by atoms with Crippen molar-refractivity contribution in [3.05, 3.63) is 78.0 Å². The number of nitrogens with two attached hydrogens (primary N) is 1. The van der Waals surface area contributed by atoms with Gasteiger partial charge in [-0.05, 0) is 48.0 Å². The van der Waals surface area contributed by atoms with Crippen LogP contribution in [0.3, 0.4) is 0 Å². The molecule has 0 aliphatic rings. The lowest BCUT2D eigenvalue weighted by atomic mass is 10.1. The van der Waals surface area contributed by atoms with Gasteiger partial charge < -0.3 is 15.6 Å². The number of hydrogen-bond acceptors (Lipinski definition) is 8. The zero-order valence-electron chi connectivity index (χ0n) is 18.4. The average Bonchev–Trinajstić information content (AvgIpc) is 2.77. The SMILES string of the molecule is CS(=O)(=O)c1cc(C(=O)NC(=N)N)ccc1Oc1ccc(C(O)CSc2ccccn2)cc1.Cl.Cl. The topological polar surface area (TPSA) is 155 Å². The molecule has 0 aliphatic heterocycles. The molecule has 3 rings (SSSR count). The van der Waals surface area contributed by atoms with Crippen molar-refractivity contribution in [2.45, 2.75) is 16.0 Å². The molecule has 35 heavy (non-hydrogen) atoms. The molecule has 9 nitrogen and oxygen atoms in total. The number of benzene rings is 2. The summed E-state index contributed by atoms with van der Waals surface area (Å²) in [7, 11) is -3.73. The van der Waals surface area contributed by atoms with E-state index in [1.165, 1.54) is 23.9 Å². The molecule has 0 saturated heterocycles. The van der Waals surface area contributed by atoms with E-state index in [0.29, 0.717) is 17.1 Å². The molecule has 0 bridgehead atoms. The lowest BCUT2D eigenvalue weighted by Crippen LogP contribution is -2.35. The van der Waals surface area contributed by atoms with Gasteiger partial charge in [0.05, 0.1) is 11.1 Å². The van der Waals surface area contributed by atoms with Crippen molar-refractivity contribution in [3.63, 3.8) is 0 Å². The molecule has 5 N–H and O–H groups in total. The van der Waals surface area contributed by atoms with Crippen LogP contribution in [0.2, 0.25) is 0 Å². The summed E-state index contributed by atoms with van der Waals surface area (Å²) in [5.74, 6) is -0.452. The van der Waals surface area contributed by atoms with Crippen molar-refractivity contribution in [1.82, 2.24) is 10.3 Å². The molecule has 2 aromatic carbocycles. The number of guanidine groups is 1. The van der Waals surface area contributed by atoms with Gasteiger partial charge in [0.15, 0.2) is 15.8 Å². The number of rotatable bonds is 8. The summed E-state index contributed by atoms with van der Waals surface area (Å²) >= 11 is 1.43. The number of carbonyl (C=O) groups excluding carboxylic acids is 1. The first-order valence-electron chi connectivity index (χ1n) is 9.62. The molecule has 13 heteroatoms. The van der Waals surface area contributed by atoms with E-state index in [4.69, 9.17) is 15.9 Å². The fourth-order valence-corrected chi connectivity index (χ4v) is 4.44. The zero-order chi connectivity index (χ0) is 24.0.